The first-order chi connectivity index (χ1) is 12.1. The molecule has 0 heterocycles. The van der Waals surface area contributed by atoms with Gasteiger partial charge in [-0.3, -0.25) is 0 Å². The summed E-state index contributed by atoms with van der Waals surface area (Å²) in [4.78, 5) is 0. The van der Waals surface area contributed by atoms with Gasteiger partial charge >= 0.3 is 0 Å². The number of hydrogen-bond acceptors (Lipinski definition) is 2. The number of unbranched alkanes of at least 4 members (excludes halogenated alkanes) is 11. The van der Waals surface area contributed by atoms with Gasteiger partial charge in [0.05, 0.1) is 0 Å². The monoisotopic (exact) mass is 348 g/mol. The van der Waals surface area contributed by atoms with Crippen LogP contribution in [0, 0.1) is 6.92 Å². The fourth-order valence-electron chi connectivity index (χ4n) is 3.54. The normalized spacial score (nSPS) is 12.4. The molecule has 2 nitrogen and oxygen atoms in total. The zero-order valence-corrected chi connectivity index (χ0v) is 16.8. The Morgan fingerprint density at radius 3 is 1.72 bits per heavy atom. The molecule has 1 unspecified atom stereocenters. The highest BCUT2D eigenvalue weighted by atomic mass is 16.3. The van der Waals surface area contributed by atoms with Crippen molar-refractivity contribution in [3.05, 3.63) is 23.3 Å². The highest BCUT2D eigenvalue weighted by Gasteiger charge is 2.12. The van der Waals surface area contributed by atoms with Crippen LogP contribution < -0.4 is 0 Å². The second-order valence-corrected chi connectivity index (χ2v) is 7.78. The summed E-state index contributed by atoms with van der Waals surface area (Å²) in [6, 6.07) is 3.40. The van der Waals surface area contributed by atoms with E-state index in [1.165, 1.54) is 77.0 Å². The number of benzene rings is 1. The van der Waals surface area contributed by atoms with Crippen molar-refractivity contribution in [1.82, 2.24) is 0 Å². The standard InChI is InChI=1S/C23H40O2/c1-4-5-6-7-8-9-10-11-12-13-14-15-16-19(2)21-18-22(24)20(3)17-23(21)25/h17-19,24-25H,4-16H2,1-3H3. The molecule has 1 rings (SSSR count). The van der Waals surface area contributed by atoms with Gasteiger partial charge in [-0.2, -0.15) is 0 Å². The lowest BCUT2D eigenvalue weighted by Gasteiger charge is -2.15. The lowest BCUT2D eigenvalue weighted by molar-refractivity contribution is 0.442. The predicted octanol–water partition coefficient (Wildman–Crippen LogP) is 7.60. The van der Waals surface area contributed by atoms with Gasteiger partial charge in [0.1, 0.15) is 11.5 Å². The van der Waals surface area contributed by atoms with Crippen LogP contribution in [-0.4, -0.2) is 10.2 Å². The number of phenolic OH excluding ortho intramolecular Hbond substituents is 2. The molecule has 0 fully saturated rings. The van der Waals surface area contributed by atoms with Gasteiger partial charge in [0.2, 0.25) is 0 Å². The van der Waals surface area contributed by atoms with Crippen molar-refractivity contribution in [3.63, 3.8) is 0 Å². The Bertz CT molecular complexity index is 467. The maximum absolute atomic E-state index is 10.1. The first kappa shape index (κ1) is 21.9. The molecule has 2 N–H and O–H groups in total. The van der Waals surface area contributed by atoms with Crippen molar-refractivity contribution in [1.29, 1.82) is 0 Å². The van der Waals surface area contributed by atoms with E-state index in [4.69, 9.17) is 0 Å². The van der Waals surface area contributed by atoms with Crippen LogP contribution in [0.1, 0.15) is 114 Å². The number of rotatable bonds is 14. The average Bonchev–Trinajstić information content (AvgIpc) is 2.59. The fourth-order valence-corrected chi connectivity index (χ4v) is 3.54. The number of aryl methyl sites for hydroxylation is 1. The summed E-state index contributed by atoms with van der Waals surface area (Å²) in [6.07, 6.45) is 17.4. The van der Waals surface area contributed by atoms with E-state index < -0.39 is 0 Å². The lowest BCUT2D eigenvalue weighted by Crippen LogP contribution is -1.95. The maximum Gasteiger partial charge on any atom is 0.119 e. The molecule has 0 saturated heterocycles. The van der Waals surface area contributed by atoms with Gasteiger partial charge in [0.25, 0.3) is 0 Å². The van der Waals surface area contributed by atoms with Crippen LogP contribution >= 0.6 is 0 Å². The van der Waals surface area contributed by atoms with Crippen molar-refractivity contribution in [2.45, 2.75) is 110 Å². The SMILES string of the molecule is CCCCCCCCCCCCCCC(C)c1cc(O)c(C)cc1O. The first-order valence-electron chi connectivity index (χ1n) is 10.6. The van der Waals surface area contributed by atoms with Crippen LogP contribution in [0.3, 0.4) is 0 Å². The maximum atomic E-state index is 10.1. The van der Waals surface area contributed by atoms with E-state index in [1.54, 1.807) is 12.1 Å². The molecule has 0 bridgehead atoms. The molecule has 25 heavy (non-hydrogen) atoms. The van der Waals surface area contributed by atoms with E-state index in [9.17, 15) is 10.2 Å². The van der Waals surface area contributed by atoms with Crippen LogP contribution in [-0.2, 0) is 0 Å². The molecular formula is C23H40O2. The van der Waals surface area contributed by atoms with E-state index in [1.807, 2.05) is 6.92 Å². The second-order valence-electron chi connectivity index (χ2n) is 7.78. The van der Waals surface area contributed by atoms with Gasteiger partial charge in [-0.05, 0) is 37.0 Å². The van der Waals surface area contributed by atoms with E-state index in [0.29, 0.717) is 11.7 Å². The summed E-state index contributed by atoms with van der Waals surface area (Å²) in [6.45, 7) is 6.23. The predicted molar refractivity (Wildman–Crippen MR) is 109 cm³/mol. The van der Waals surface area contributed by atoms with Crippen LogP contribution in [0.5, 0.6) is 11.5 Å². The molecule has 0 spiro atoms. The van der Waals surface area contributed by atoms with Crippen molar-refractivity contribution < 1.29 is 10.2 Å². The quantitative estimate of drug-likeness (QED) is 0.268. The largest absolute Gasteiger partial charge is 0.508 e. The molecule has 1 aromatic carbocycles. The average molecular weight is 349 g/mol. The van der Waals surface area contributed by atoms with E-state index in [2.05, 4.69) is 13.8 Å². The van der Waals surface area contributed by atoms with Crippen molar-refractivity contribution in [2.24, 2.45) is 0 Å². The Balaban J connectivity index is 2.04. The van der Waals surface area contributed by atoms with Crippen LogP contribution in [0.15, 0.2) is 12.1 Å². The third-order valence-electron chi connectivity index (χ3n) is 5.37. The molecule has 0 aliphatic carbocycles. The smallest absolute Gasteiger partial charge is 0.119 e. The van der Waals surface area contributed by atoms with Gasteiger partial charge in [-0.25, -0.2) is 0 Å². The molecule has 144 valence electrons. The minimum Gasteiger partial charge on any atom is -0.508 e. The molecule has 0 aliphatic rings. The van der Waals surface area contributed by atoms with Crippen molar-refractivity contribution >= 4 is 0 Å². The summed E-state index contributed by atoms with van der Waals surface area (Å²) >= 11 is 0. The topological polar surface area (TPSA) is 40.5 Å². The molecule has 0 radical (unpaired) electrons. The Labute approximate surface area is 155 Å². The van der Waals surface area contributed by atoms with E-state index >= 15 is 0 Å². The second kappa shape index (κ2) is 13.1. The van der Waals surface area contributed by atoms with Crippen molar-refractivity contribution in [3.8, 4) is 11.5 Å². The fraction of sp³-hybridized carbons (Fsp3) is 0.739. The Hall–Kier alpha value is -1.18. The summed E-state index contributed by atoms with van der Waals surface area (Å²) < 4.78 is 0. The molecule has 0 aliphatic heterocycles. The Morgan fingerprint density at radius 2 is 1.20 bits per heavy atom. The zero-order chi connectivity index (χ0) is 18.5. The van der Waals surface area contributed by atoms with Gasteiger partial charge in [0, 0.05) is 5.56 Å². The first-order valence-corrected chi connectivity index (χ1v) is 10.6. The van der Waals surface area contributed by atoms with Gasteiger partial charge in [-0.1, -0.05) is 90.9 Å². The third kappa shape index (κ3) is 9.18. The van der Waals surface area contributed by atoms with Crippen molar-refractivity contribution in [2.75, 3.05) is 0 Å². The molecular weight excluding hydrogens is 308 g/mol. The van der Waals surface area contributed by atoms with Gasteiger partial charge < -0.3 is 10.2 Å². The highest BCUT2D eigenvalue weighted by molar-refractivity contribution is 5.45. The number of hydrogen-bond donors (Lipinski definition) is 2. The molecule has 1 atom stereocenters. The molecule has 2 heteroatoms. The minimum absolute atomic E-state index is 0.286. The Morgan fingerprint density at radius 1 is 0.720 bits per heavy atom. The van der Waals surface area contributed by atoms with Crippen LogP contribution in [0.4, 0.5) is 0 Å². The summed E-state index contributed by atoms with van der Waals surface area (Å²) in [5, 5.41) is 19.9. The summed E-state index contributed by atoms with van der Waals surface area (Å²) in [7, 11) is 0. The lowest BCUT2D eigenvalue weighted by atomic mass is 9.92. The molecule has 0 aromatic heterocycles. The van der Waals surface area contributed by atoms with Gasteiger partial charge in [0.15, 0.2) is 0 Å². The third-order valence-corrected chi connectivity index (χ3v) is 5.37. The molecule has 0 amide bonds. The van der Waals surface area contributed by atoms with Crippen LogP contribution in [0.25, 0.3) is 0 Å². The van der Waals surface area contributed by atoms with E-state index in [-0.39, 0.29) is 5.75 Å². The molecule has 0 saturated carbocycles. The van der Waals surface area contributed by atoms with E-state index in [0.717, 1.165) is 17.5 Å². The highest BCUT2D eigenvalue weighted by Crippen LogP contribution is 2.34. The summed E-state index contributed by atoms with van der Waals surface area (Å²) in [5.41, 5.74) is 1.62. The number of phenols is 2. The molecule has 1 aromatic rings. The number of aromatic hydroxyl groups is 2. The van der Waals surface area contributed by atoms with Gasteiger partial charge in [-0.15, -0.1) is 0 Å². The summed E-state index contributed by atoms with van der Waals surface area (Å²) in [5.74, 6) is 0.908. The van der Waals surface area contributed by atoms with Crippen LogP contribution in [0.2, 0.25) is 0 Å². The Kier molecular flexibility index (Phi) is 11.4. The zero-order valence-electron chi connectivity index (χ0n) is 16.8. The minimum atomic E-state index is 0.286.